The molecular weight excluding hydrogens is 425 g/mol. The van der Waals surface area contributed by atoms with Gasteiger partial charge in [0.15, 0.2) is 23.0 Å². The molecule has 0 saturated heterocycles. The zero-order valence-electron chi connectivity index (χ0n) is 17.0. The van der Waals surface area contributed by atoms with E-state index in [1.165, 1.54) is 19.4 Å². The number of anilines is 1. The van der Waals surface area contributed by atoms with E-state index in [0.29, 0.717) is 22.7 Å². The van der Waals surface area contributed by atoms with Crippen molar-refractivity contribution in [2.75, 3.05) is 12.4 Å². The van der Waals surface area contributed by atoms with Crippen LogP contribution in [0.2, 0.25) is 0 Å². The van der Waals surface area contributed by atoms with Gasteiger partial charge < -0.3 is 14.8 Å². The number of nitrogens with zero attached hydrogens (tertiary/aromatic N) is 2. The van der Waals surface area contributed by atoms with Crippen LogP contribution in [0.4, 0.5) is 18.9 Å². The normalized spacial score (nSPS) is 10.9. The minimum atomic E-state index is -1.44. The summed E-state index contributed by atoms with van der Waals surface area (Å²) < 4.78 is 53.8. The fourth-order valence-corrected chi connectivity index (χ4v) is 3.05. The molecule has 0 atom stereocenters. The van der Waals surface area contributed by atoms with Crippen molar-refractivity contribution in [3.8, 4) is 11.6 Å². The molecule has 7 nitrogen and oxygen atoms in total. The van der Waals surface area contributed by atoms with E-state index in [2.05, 4.69) is 20.5 Å². The van der Waals surface area contributed by atoms with E-state index in [0.717, 1.165) is 5.56 Å². The molecule has 0 aliphatic rings. The number of ether oxygens (including phenoxy) is 2. The van der Waals surface area contributed by atoms with Crippen LogP contribution in [0, 0.1) is 24.4 Å². The van der Waals surface area contributed by atoms with Gasteiger partial charge in [-0.05, 0) is 18.6 Å². The topological polar surface area (TPSA) is 89.1 Å². The van der Waals surface area contributed by atoms with E-state index < -0.39 is 34.7 Å². The first kappa shape index (κ1) is 21.2. The van der Waals surface area contributed by atoms with Crippen molar-refractivity contribution in [3.63, 3.8) is 0 Å². The van der Waals surface area contributed by atoms with Crippen molar-refractivity contribution >= 4 is 22.6 Å². The number of pyridine rings is 1. The van der Waals surface area contributed by atoms with Crippen molar-refractivity contribution < 1.29 is 27.4 Å². The molecule has 10 heteroatoms. The summed E-state index contributed by atoms with van der Waals surface area (Å²) in [4.78, 5) is 16.7. The van der Waals surface area contributed by atoms with E-state index in [9.17, 15) is 18.0 Å². The first-order valence-electron chi connectivity index (χ1n) is 9.42. The van der Waals surface area contributed by atoms with Crippen molar-refractivity contribution in [1.82, 2.24) is 15.2 Å². The molecule has 32 heavy (non-hydrogen) atoms. The summed E-state index contributed by atoms with van der Waals surface area (Å²) >= 11 is 0. The Morgan fingerprint density at radius 1 is 1.12 bits per heavy atom. The maximum absolute atomic E-state index is 14.9. The molecule has 2 heterocycles. The van der Waals surface area contributed by atoms with Crippen molar-refractivity contribution in [2.45, 2.75) is 13.5 Å². The molecule has 0 bridgehead atoms. The lowest BCUT2D eigenvalue weighted by atomic mass is 10.1. The Hall–Kier alpha value is -4.08. The number of amides is 1. The van der Waals surface area contributed by atoms with Crippen LogP contribution in [0.3, 0.4) is 0 Å². The molecule has 2 N–H and O–H groups in total. The average molecular weight is 442 g/mol. The highest BCUT2D eigenvalue weighted by atomic mass is 19.1. The van der Waals surface area contributed by atoms with Crippen LogP contribution < -0.4 is 14.8 Å². The van der Waals surface area contributed by atoms with E-state index in [1.807, 2.05) is 19.1 Å². The second kappa shape index (κ2) is 8.58. The number of aromatic nitrogens is 3. The lowest BCUT2D eigenvalue weighted by Gasteiger charge is -2.13. The minimum Gasteiger partial charge on any atom is -0.483 e. The number of halogens is 3. The molecule has 0 unspecified atom stereocenters. The molecule has 4 aromatic rings. The van der Waals surface area contributed by atoms with Crippen LogP contribution in [0.25, 0.3) is 11.0 Å². The maximum Gasteiger partial charge on any atom is 0.261 e. The Balaban J connectivity index is 1.60. The number of carbonyl (C=O) groups excluding carboxylic acids is 1. The van der Waals surface area contributed by atoms with Crippen LogP contribution in [0.5, 0.6) is 11.6 Å². The number of hydrogen-bond acceptors (Lipinski definition) is 5. The van der Waals surface area contributed by atoms with Crippen LogP contribution in [-0.4, -0.2) is 28.2 Å². The highest BCUT2D eigenvalue weighted by Gasteiger charge is 2.26. The number of rotatable bonds is 6. The summed E-state index contributed by atoms with van der Waals surface area (Å²) in [5.74, 6) is -5.81. The third-order valence-electron chi connectivity index (χ3n) is 4.69. The summed E-state index contributed by atoms with van der Waals surface area (Å²) in [6, 6.07) is 8.97. The Morgan fingerprint density at radius 3 is 2.59 bits per heavy atom. The lowest BCUT2D eigenvalue weighted by Crippen LogP contribution is -2.17. The highest BCUT2D eigenvalue weighted by Crippen LogP contribution is 2.29. The van der Waals surface area contributed by atoms with Gasteiger partial charge in [0.2, 0.25) is 5.88 Å². The number of hydrogen-bond donors (Lipinski definition) is 2. The van der Waals surface area contributed by atoms with Crippen LogP contribution in [-0.2, 0) is 6.61 Å². The highest BCUT2D eigenvalue weighted by molar-refractivity contribution is 6.05. The van der Waals surface area contributed by atoms with Crippen molar-refractivity contribution in [1.29, 1.82) is 0 Å². The SMILES string of the molecule is COc1n[nH]c2ncc(NC(=O)c3c(F)cc(F)c(OCc4ccc(C)cc4)c3F)cc12. The molecule has 0 aliphatic carbocycles. The van der Waals surface area contributed by atoms with E-state index in [-0.39, 0.29) is 18.2 Å². The van der Waals surface area contributed by atoms with Gasteiger partial charge in [-0.15, -0.1) is 5.10 Å². The monoisotopic (exact) mass is 442 g/mol. The molecule has 0 fully saturated rings. The molecule has 4 rings (SSSR count). The first-order chi connectivity index (χ1) is 15.4. The molecular formula is C22H17F3N4O3. The quantitative estimate of drug-likeness (QED) is 0.458. The van der Waals surface area contributed by atoms with Gasteiger partial charge in [-0.2, -0.15) is 0 Å². The summed E-state index contributed by atoms with van der Waals surface area (Å²) in [7, 11) is 1.41. The fraction of sp³-hybridized carbons (Fsp3) is 0.136. The zero-order valence-corrected chi connectivity index (χ0v) is 17.0. The first-order valence-corrected chi connectivity index (χ1v) is 9.42. The number of nitrogens with one attached hydrogen (secondary N) is 2. The van der Waals surface area contributed by atoms with Gasteiger partial charge in [-0.3, -0.25) is 9.89 Å². The number of fused-ring (bicyclic) bond motifs is 1. The minimum absolute atomic E-state index is 0.132. The molecule has 0 aliphatic heterocycles. The maximum atomic E-state index is 14.9. The average Bonchev–Trinajstić information content (AvgIpc) is 3.17. The molecule has 164 valence electrons. The van der Waals surface area contributed by atoms with Crippen LogP contribution >= 0.6 is 0 Å². The second-order valence-corrected chi connectivity index (χ2v) is 6.94. The number of aryl methyl sites for hydroxylation is 1. The third-order valence-corrected chi connectivity index (χ3v) is 4.69. The number of benzene rings is 2. The predicted octanol–water partition coefficient (Wildman–Crippen LogP) is 4.52. The summed E-state index contributed by atoms with van der Waals surface area (Å²) in [5, 5.41) is 9.32. The van der Waals surface area contributed by atoms with Gasteiger partial charge in [0.1, 0.15) is 18.0 Å². The second-order valence-electron chi connectivity index (χ2n) is 6.94. The Morgan fingerprint density at radius 2 is 1.88 bits per heavy atom. The molecule has 2 aromatic heterocycles. The summed E-state index contributed by atoms with van der Waals surface area (Å²) in [6.07, 6.45) is 1.27. The largest absolute Gasteiger partial charge is 0.483 e. The number of H-pyrrole nitrogens is 1. The fourth-order valence-electron chi connectivity index (χ4n) is 3.05. The van der Waals surface area contributed by atoms with Gasteiger partial charge in [-0.1, -0.05) is 29.8 Å². The van der Waals surface area contributed by atoms with Gasteiger partial charge in [0.25, 0.3) is 5.91 Å². The summed E-state index contributed by atoms with van der Waals surface area (Å²) in [5.41, 5.74) is 1.20. The van der Waals surface area contributed by atoms with E-state index >= 15 is 0 Å². The standard InChI is InChI=1S/C22H17F3N4O3/c1-11-3-5-12(6-4-11)10-32-19-16(24)8-15(23)17(18(19)25)21(30)27-13-7-14-20(26-9-13)28-29-22(14)31-2/h3-9H,10H2,1-2H3,(H,27,30)(H,26,28,29). The number of methoxy groups -OCH3 is 1. The van der Waals surface area contributed by atoms with Crippen molar-refractivity contribution in [2.24, 2.45) is 0 Å². The lowest BCUT2D eigenvalue weighted by molar-refractivity contribution is 0.101. The van der Waals surface area contributed by atoms with Crippen LogP contribution in [0.1, 0.15) is 21.5 Å². The third kappa shape index (κ3) is 4.07. The smallest absolute Gasteiger partial charge is 0.261 e. The van der Waals surface area contributed by atoms with Crippen LogP contribution in [0.15, 0.2) is 42.6 Å². The predicted molar refractivity (Wildman–Crippen MR) is 110 cm³/mol. The van der Waals surface area contributed by atoms with Gasteiger partial charge in [-0.25, -0.2) is 18.2 Å². The Labute approximate surface area is 180 Å². The molecule has 0 radical (unpaired) electrons. The Kier molecular flexibility index (Phi) is 5.67. The van der Waals surface area contributed by atoms with Gasteiger partial charge >= 0.3 is 0 Å². The van der Waals surface area contributed by atoms with Gasteiger partial charge in [0.05, 0.1) is 24.4 Å². The van der Waals surface area contributed by atoms with E-state index in [1.54, 1.807) is 12.1 Å². The zero-order chi connectivity index (χ0) is 22.8. The molecule has 0 saturated carbocycles. The Bertz CT molecular complexity index is 1310. The number of carbonyl (C=O) groups is 1. The number of aromatic amines is 1. The van der Waals surface area contributed by atoms with Gasteiger partial charge in [0, 0.05) is 6.07 Å². The molecule has 0 spiro atoms. The summed E-state index contributed by atoms with van der Waals surface area (Å²) in [6.45, 7) is 1.73. The molecule has 2 aromatic carbocycles. The van der Waals surface area contributed by atoms with E-state index in [4.69, 9.17) is 9.47 Å². The molecule has 1 amide bonds. The van der Waals surface area contributed by atoms with Crippen molar-refractivity contribution in [3.05, 3.63) is 76.7 Å².